The fraction of sp³-hybridized carbons (Fsp3) is 0.438. The topological polar surface area (TPSA) is 26.3 Å². The minimum atomic E-state index is -0.272. The van der Waals surface area contributed by atoms with Gasteiger partial charge in [0.25, 0.3) is 0 Å². The Hall–Kier alpha value is -1.57. The zero-order chi connectivity index (χ0) is 13.7. The summed E-state index contributed by atoms with van der Waals surface area (Å²) >= 11 is 0. The van der Waals surface area contributed by atoms with Crippen LogP contribution in [0, 0.1) is 0 Å². The largest absolute Gasteiger partial charge is 0.426 e. The fourth-order valence-electron chi connectivity index (χ4n) is 1.69. The van der Waals surface area contributed by atoms with Crippen LogP contribution in [0.5, 0.6) is 5.75 Å². The van der Waals surface area contributed by atoms with Gasteiger partial charge in [0, 0.05) is 6.92 Å². The Morgan fingerprint density at radius 1 is 1.28 bits per heavy atom. The van der Waals surface area contributed by atoms with Crippen LogP contribution in [-0.2, 0) is 11.2 Å². The van der Waals surface area contributed by atoms with Crippen molar-refractivity contribution in [2.45, 2.75) is 47.0 Å². The normalized spacial score (nSPS) is 10.3. The molecule has 0 saturated heterocycles. The van der Waals surface area contributed by atoms with E-state index in [2.05, 4.69) is 39.8 Å². The molecule has 1 aromatic rings. The van der Waals surface area contributed by atoms with Gasteiger partial charge in [-0.25, -0.2) is 0 Å². The summed E-state index contributed by atoms with van der Waals surface area (Å²) in [5.74, 6) is 0.872. The van der Waals surface area contributed by atoms with E-state index in [0.29, 0.717) is 11.7 Å². The van der Waals surface area contributed by atoms with Crippen molar-refractivity contribution < 1.29 is 9.53 Å². The first-order valence-electron chi connectivity index (χ1n) is 6.34. The van der Waals surface area contributed by atoms with E-state index in [0.717, 1.165) is 12.0 Å². The van der Waals surface area contributed by atoms with E-state index in [-0.39, 0.29) is 5.97 Å². The minimum Gasteiger partial charge on any atom is -0.426 e. The minimum absolute atomic E-state index is 0.272. The molecule has 0 atom stereocenters. The van der Waals surface area contributed by atoms with Crippen molar-refractivity contribution in [1.29, 1.82) is 0 Å². The predicted octanol–water partition coefficient (Wildman–Crippen LogP) is 4.24. The first kappa shape index (κ1) is 14.5. The second-order valence-electron chi connectivity index (χ2n) is 5.10. The Balaban J connectivity index is 3.09. The monoisotopic (exact) mass is 246 g/mol. The summed E-state index contributed by atoms with van der Waals surface area (Å²) in [6.07, 6.45) is 2.94. The summed E-state index contributed by atoms with van der Waals surface area (Å²) in [4.78, 5) is 11.1. The lowest BCUT2D eigenvalue weighted by Gasteiger charge is -2.12. The van der Waals surface area contributed by atoms with Crippen LogP contribution in [0.3, 0.4) is 0 Å². The predicted molar refractivity (Wildman–Crippen MR) is 75.0 cm³/mol. The van der Waals surface area contributed by atoms with Gasteiger partial charge in [0.05, 0.1) is 0 Å². The molecule has 1 aromatic carbocycles. The molecule has 0 aliphatic rings. The number of carbonyl (C=O) groups excluding carboxylic acids is 1. The zero-order valence-electron chi connectivity index (χ0n) is 11.9. The van der Waals surface area contributed by atoms with Crippen LogP contribution in [0.25, 0.3) is 0 Å². The Morgan fingerprint density at radius 3 is 2.44 bits per heavy atom. The van der Waals surface area contributed by atoms with Gasteiger partial charge in [-0.2, -0.15) is 0 Å². The van der Waals surface area contributed by atoms with Crippen molar-refractivity contribution in [3.63, 3.8) is 0 Å². The Labute approximate surface area is 110 Å². The van der Waals surface area contributed by atoms with Crippen molar-refractivity contribution in [3.8, 4) is 5.75 Å². The van der Waals surface area contributed by atoms with Gasteiger partial charge in [0.2, 0.25) is 0 Å². The van der Waals surface area contributed by atoms with Gasteiger partial charge in [0.1, 0.15) is 5.75 Å². The lowest BCUT2D eigenvalue weighted by molar-refractivity contribution is -0.131. The number of allylic oxidation sites excluding steroid dienone is 2. The highest BCUT2D eigenvalue weighted by atomic mass is 16.5. The number of hydrogen-bond acceptors (Lipinski definition) is 2. The maximum Gasteiger partial charge on any atom is 0.308 e. The molecule has 0 aromatic heterocycles. The molecule has 2 nitrogen and oxygen atoms in total. The highest BCUT2D eigenvalue weighted by Crippen LogP contribution is 2.25. The number of benzene rings is 1. The van der Waals surface area contributed by atoms with Crippen molar-refractivity contribution in [2.75, 3.05) is 0 Å². The van der Waals surface area contributed by atoms with Crippen LogP contribution in [0.2, 0.25) is 0 Å². The van der Waals surface area contributed by atoms with Gasteiger partial charge >= 0.3 is 5.97 Å². The molecule has 0 fully saturated rings. The second-order valence-corrected chi connectivity index (χ2v) is 5.10. The van der Waals surface area contributed by atoms with Crippen molar-refractivity contribution in [3.05, 3.63) is 41.0 Å². The highest BCUT2D eigenvalue weighted by molar-refractivity contribution is 5.70. The van der Waals surface area contributed by atoms with E-state index < -0.39 is 0 Å². The molecule has 2 heteroatoms. The summed E-state index contributed by atoms with van der Waals surface area (Å²) in [6, 6.07) is 6.04. The maximum absolute atomic E-state index is 11.1. The molecule has 98 valence electrons. The summed E-state index contributed by atoms with van der Waals surface area (Å²) < 4.78 is 5.24. The number of rotatable bonds is 4. The Bertz CT molecular complexity index is 452. The van der Waals surface area contributed by atoms with Crippen LogP contribution in [0.15, 0.2) is 29.8 Å². The molecule has 0 N–H and O–H groups in total. The smallest absolute Gasteiger partial charge is 0.308 e. The molecule has 0 aliphatic carbocycles. The number of hydrogen-bond donors (Lipinski definition) is 0. The molecule has 1 rings (SSSR count). The zero-order valence-corrected chi connectivity index (χ0v) is 11.9. The van der Waals surface area contributed by atoms with Crippen molar-refractivity contribution in [2.24, 2.45) is 0 Å². The van der Waals surface area contributed by atoms with Crippen LogP contribution in [0.4, 0.5) is 0 Å². The van der Waals surface area contributed by atoms with Crippen molar-refractivity contribution >= 4 is 5.97 Å². The molecule has 18 heavy (non-hydrogen) atoms. The van der Waals surface area contributed by atoms with Crippen LogP contribution in [-0.4, -0.2) is 5.97 Å². The van der Waals surface area contributed by atoms with Crippen LogP contribution < -0.4 is 4.74 Å². The van der Waals surface area contributed by atoms with Gasteiger partial charge < -0.3 is 4.74 Å². The van der Waals surface area contributed by atoms with E-state index in [9.17, 15) is 4.79 Å². The molecule has 0 spiro atoms. The number of carbonyl (C=O) groups is 1. The first-order valence-corrected chi connectivity index (χ1v) is 6.34. The van der Waals surface area contributed by atoms with E-state index in [1.807, 2.05) is 12.1 Å². The SMILES string of the molecule is CC(=O)Oc1ccc(C(C)C)cc1CC=C(C)C. The summed E-state index contributed by atoms with van der Waals surface area (Å²) in [6.45, 7) is 9.88. The highest BCUT2D eigenvalue weighted by Gasteiger charge is 2.08. The van der Waals surface area contributed by atoms with Crippen LogP contribution >= 0.6 is 0 Å². The fourth-order valence-corrected chi connectivity index (χ4v) is 1.69. The average molecular weight is 246 g/mol. The molecule has 0 amide bonds. The quantitative estimate of drug-likeness (QED) is 0.451. The average Bonchev–Trinajstić information content (AvgIpc) is 2.26. The number of ether oxygens (including phenoxy) is 1. The third kappa shape index (κ3) is 4.36. The first-order chi connectivity index (χ1) is 8.40. The lowest BCUT2D eigenvalue weighted by atomic mass is 9.98. The molecule has 0 saturated carbocycles. The summed E-state index contributed by atoms with van der Waals surface area (Å²) in [5, 5.41) is 0. The molecule has 0 aliphatic heterocycles. The lowest BCUT2D eigenvalue weighted by Crippen LogP contribution is -2.04. The maximum atomic E-state index is 11.1. The third-order valence-electron chi connectivity index (χ3n) is 2.74. The molecular weight excluding hydrogens is 224 g/mol. The van der Waals surface area contributed by atoms with Gasteiger partial charge in [0.15, 0.2) is 0 Å². The standard InChI is InChI=1S/C16H22O2/c1-11(2)6-7-15-10-14(12(3)4)8-9-16(15)18-13(5)17/h6,8-10,12H,7H2,1-5H3. The molecule has 0 bridgehead atoms. The van der Waals surface area contributed by atoms with Gasteiger partial charge in [-0.15, -0.1) is 0 Å². The molecule has 0 heterocycles. The summed E-state index contributed by atoms with van der Waals surface area (Å²) in [5.41, 5.74) is 3.60. The molecular formula is C16H22O2. The van der Waals surface area contributed by atoms with E-state index in [1.165, 1.54) is 18.1 Å². The number of esters is 1. The van der Waals surface area contributed by atoms with Gasteiger partial charge in [-0.1, -0.05) is 37.6 Å². The van der Waals surface area contributed by atoms with Gasteiger partial charge in [-0.05, 0) is 43.4 Å². The van der Waals surface area contributed by atoms with Crippen LogP contribution in [0.1, 0.15) is 51.7 Å². The molecule has 0 unspecified atom stereocenters. The third-order valence-corrected chi connectivity index (χ3v) is 2.74. The second kappa shape index (κ2) is 6.39. The Kier molecular flexibility index (Phi) is 5.14. The van der Waals surface area contributed by atoms with E-state index in [4.69, 9.17) is 4.74 Å². The van der Waals surface area contributed by atoms with E-state index >= 15 is 0 Å². The summed E-state index contributed by atoms with van der Waals surface area (Å²) in [7, 11) is 0. The Morgan fingerprint density at radius 2 is 1.94 bits per heavy atom. The molecule has 0 radical (unpaired) electrons. The van der Waals surface area contributed by atoms with Gasteiger partial charge in [-0.3, -0.25) is 4.79 Å². The van der Waals surface area contributed by atoms with Crippen molar-refractivity contribution in [1.82, 2.24) is 0 Å². The van der Waals surface area contributed by atoms with E-state index in [1.54, 1.807) is 0 Å².